The third-order valence-electron chi connectivity index (χ3n) is 3.94. The number of amides is 1. The van der Waals surface area contributed by atoms with Crippen molar-refractivity contribution in [2.75, 3.05) is 27.3 Å². The predicted octanol–water partition coefficient (Wildman–Crippen LogP) is 1.78. The lowest BCUT2D eigenvalue weighted by atomic mass is 9.95. The summed E-state index contributed by atoms with van der Waals surface area (Å²) in [5.74, 6) is 1.85. The third-order valence-corrected chi connectivity index (χ3v) is 3.94. The summed E-state index contributed by atoms with van der Waals surface area (Å²) in [6.45, 7) is 4.08. The summed E-state index contributed by atoms with van der Waals surface area (Å²) < 4.78 is 10.5. The van der Waals surface area contributed by atoms with Gasteiger partial charge in [0.05, 0.1) is 20.6 Å². The quantitative estimate of drug-likeness (QED) is 0.865. The van der Waals surface area contributed by atoms with E-state index in [4.69, 9.17) is 9.47 Å². The molecule has 1 aliphatic heterocycles. The molecule has 0 radical (unpaired) electrons. The van der Waals surface area contributed by atoms with Gasteiger partial charge in [0.25, 0.3) is 0 Å². The smallest absolute Gasteiger partial charge is 0.224 e. The Hall–Kier alpha value is -1.46. The second-order valence-corrected chi connectivity index (χ2v) is 5.51. The van der Waals surface area contributed by atoms with Crippen LogP contribution in [0, 0.1) is 5.92 Å². The molecule has 0 bridgehead atoms. The normalized spacial score (nSPS) is 20.7. The van der Waals surface area contributed by atoms with E-state index >= 15 is 0 Å². The van der Waals surface area contributed by atoms with Crippen molar-refractivity contribution >= 4 is 18.3 Å². The van der Waals surface area contributed by atoms with Crippen LogP contribution in [0.2, 0.25) is 0 Å². The van der Waals surface area contributed by atoms with Crippen LogP contribution in [-0.4, -0.2) is 39.3 Å². The highest BCUT2D eigenvalue weighted by atomic mass is 35.5. The molecule has 2 unspecified atom stereocenters. The molecule has 22 heavy (non-hydrogen) atoms. The van der Waals surface area contributed by atoms with Crippen molar-refractivity contribution in [2.45, 2.75) is 25.8 Å². The SMILES string of the molecule is COc1ccc(CC(=O)NC2CCNCC2C)cc1OC.Cl. The second-order valence-electron chi connectivity index (χ2n) is 5.51. The van der Waals surface area contributed by atoms with Crippen molar-refractivity contribution < 1.29 is 14.3 Å². The molecule has 1 heterocycles. The van der Waals surface area contributed by atoms with Crippen LogP contribution in [0.4, 0.5) is 0 Å². The van der Waals surface area contributed by atoms with E-state index < -0.39 is 0 Å². The van der Waals surface area contributed by atoms with Crippen LogP contribution in [0.3, 0.4) is 0 Å². The third kappa shape index (κ3) is 4.78. The minimum Gasteiger partial charge on any atom is -0.493 e. The fourth-order valence-electron chi connectivity index (χ4n) is 2.66. The first-order valence-corrected chi connectivity index (χ1v) is 7.35. The summed E-state index contributed by atoms with van der Waals surface area (Å²) in [5, 5.41) is 6.47. The molecule has 2 atom stereocenters. The molecule has 1 saturated heterocycles. The number of hydrogen-bond acceptors (Lipinski definition) is 4. The van der Waals surface area contributed by atoms with Crippen LogP contribution in [0.1, 0.15) is 18.9 Å². The van der Waals surface area contributed by atoms with Gasteiger partial charge in [-0.25, -0.2) is 0 Å². The summed E-state index contributed by atoms with van der Waals surface area (Å²) in [6, 6.07) is 5.84. The fraction of sp³-hybridized carbons (Fsp3) is 0.562. The zero-order valence-corrected chi connectivity index (χ0v) is 14.2. The molecule has 0 saturated carbocycles. The van der Waals surface area contributed by atoms with Gasteiger partial charge in [-0.15, -0.1) is 12.4 Å². The van der Waals surface area contributed by atoms with E-state index in [9.17, 15) is 4.79 Å². The highest BCUT2D eigenvalue weighted by molar-refractivity contribution is 5.85. The zero-order chi connectivity index (χ0) is 15.2. The van der Waals surface area contributed by atoms with E-state index in [1.165, 1.54) is 0 Å². The van der Waals surface area contributed by atoms with Crippen molar-refractivity contribution in [1.82, 2.24) is 10.6 Å². The standard InChI is InChI=1S/C16H24N2O3.ClH/c1-11-10-17-7-6-13(11)18-16(19)9-12-4-5-14(20-2)15(8-12)21-3;/h4-5,8,11,13,17H,6-7,9-10H2,1-3H3,(H,18,19);1H. The molecule has 0 spiro atoms. The molecule has 1 fully saturated rings. The predicted molar refractivity (Wildman–Crippen MR) is 89.1 cm³/mol. The lowest BCUT2D eigenvalue weighted by Gasteiger charge is -2.30. The number of benzene rings is 1. The number of rotatable bonds is 5. The molecule has 2 N–H and O–H groups in total. The molecular weight excluding hydrogens is 304 g/mol. The van der Waals surface area contributed by atoms with Crippen molar-refractivity contribution in [3.05, 3.63) is 23.8 Å². The summed E-state index contributed by atoms with van der Waals surface area (Å²) in [4.78, 5) is 12.2. The lowest BCUT2D eigenvalue weighted by Crippen LogP contribution is -2.48. The molecule has 1 amide bonds. The van der Waals surface area contributed by atoms with Gasteiger partial charge >= 0.3 is 0 Å². The minimum atomic E-state index is 0. The van der Waals surface area contributed by atoms with Crippen LogP contribution in [0.15, 0.2) is 18.2 Å². The number of carbonyl (C=O) groups excluding carboxylic acids is 1. The Balaban J connectivity index is 0.00000242. The molecule has 124 valence electrons. The van der Waals surface area contributed by atoms with Crippen molar-refractivity contribution in [2.24, 2.45) is 5.92 Å². The maximum atomic E-state index is 12.2. The number of methoxy groups -OCH3 is 2. The van der Waals surface area contributed by atoms with Crippen molar-refractivity contribution in [3.63, 3.8) is 0 Å². The Labute approximate surface area is 138 Å². The second kappa shape index (κ2) is 8.86. The van der Waals surface area contributed by atoms with E-state index in [1.807, 2.05) is 18.2 Å². The first-order valence-electron chi connectivity index (χ1n) is 7.35. The number of nitrogens with one attached hydrogen (secondary N) is 2. The lowest BCUT2D eigenvalue weighted by molar-refractivity contribution is -0.121. The van der Waals surface area contributed by atoms with Gasteiger partial charge in [0.1, 0.15) is 0 Å². The Bertz CT molecular complexity index is 496. The molecule has 1 aliphatic rings. The number of hydrogen-bond donors (Lipinski definition) is 2. The summed E-state index contributed by atoms with van der Waals surface area (Å²) in [6.07, 6.45) is 1.34. The molecule has 1 aromatic carbocycles. The number of carbonyl (C=O) groups is 1. The molecule has 6 heteroatoms. The van der Waals surface area contributed by atoms with E-state index in [2.05, 4.69) is 17.6 Å². The van der Waals surface area contributed by atoms with Gasteiger partial charge < -0.3 is 20.1 Å². The first-order chi connectivity index (χ1) is 10.1. The molecule has 1 aromatic rings. The van der Waals surface area contributed by atoms with Gasteiger partial charge in [-0.2, -0.15) is 0 Å². The van der Waals surface area contributed by atoms with Crippen molar-refractivity contribution in [3.8, 4) is 11.5 Å². The summed E-state index contributed by atoms with van der Waals surface area (Å²) in [5.41, 5.74) is 0.923. The highest BCUT2D eigenvalue weighted by Gasteiger charge is 2.22. The number of halogens is 1. The van der Waals surface area contributed by atoms with E-state index in [-0.39, 0.29) is 24.4 Å². The fourth-order valence-corrected chi connectivity index (χ4v) is 2.66. The monoisotopic (exact) mass is 328 g/mol. The molecule has 0 aliphatic carbocycles. The van der Waals surface area contributed by atoms with Crippen LogP contribution in [0.25, 0.3) is 0 Å². The Kier molecular flexibility index (Phi) is 7.48. The van der Waals surface area contributed by atoms with Crippen LogP contribution in [-0.2, 0) is 11.2 Å². The number of piperidine rings is 1. The largest absolute Gasteiger partial charge is 0.493 e. The van der Waals surface area contributed by atoms with E-state index in [0.717, 1.165) is 25.1 Å². The van der Waals surface area contributed by atoms with Gasteiger partial charge in [-0.1, -0.05) is 13.0 Å². The van der Waals surface area contributed by atoms with Crippen LogP contribution < -0.4 is 20.1 Å². The summed E-state index contributed by atoms with van der Waals surface area (Å²) >= 11 is 0. The molecular formula is C16H25ClN2O3. The van der Waals surface area contributed by atoms with E-state index in [1.54, 1.807) is 14.2 Å². The topological polar surface area (TPSA) is 59.6 Å². The van der Waals surface area contributed by atoms with Gasteiger partial charge in [-0.3, -0.25) is 4.79 Å². The van der Waals surface area contributed by atoms with Crippen LogP contribution in [0.5, 0.6) is 11.5 Å². The summed E-state index contributed by atoms with van der Waals surface area (Å²) in [7, 11) is 3.20. The van der Waals surface area contributed by atoms with Crippen molar-refractivity contribution in [1.29, 1.82) is 0 Å². The Morgan fingerprint density at radius 3 is 2.68 bits per heavy atom. The average Bonchev–Trinajstić information content (AvgIpc) is 2.49. The van der Waals surface area contributed by atoms with Gasteiger partial charge in [-0.05, 0) is 43.1 Å². The van der Waals surface area contributed by atoms with E-state index in [0.29, 0.717) is 23.8 Å². The molecule has 0 aromatic heterocycles. The molecule has 5 nitrogen and oxygen atoms in total. The molecule has 2 rings (SSSR count). The zero-order valence-electron chi connectivity index (χ0n) is 13.3. The van der Waals surface area contributed by atoms with Crippen LogP contribution >= 0.6 is 12.4 Å². The maximum Gasteiger partial charge on any atom is 0.224 e. The maximum absolute atomic E-state index is 12.2. The van der Waals surface area contributed by atoms with Gasteiger partial charge in [0.15, 0.2) is 11.5 Å². The van der Waals surface area contributed by atoms with Gasteiger partial charge in [0, 0.05) is 6.04 Å². The Morgan fingerprint density at radius 2 is 2.05 bits per heavy atom. The number of ether oxygens (including phenoxy) is 2. The van der Waals surface area contributed by atoms with Gasteiger partial charge in [0.2, 0.25) is 5.91 Å². The average molecular weight is 329 g/mol. The first kappa shape index (κ1) is 18.6. The highest BCUT2D eigenvalue weighted by Crippen LogP contribution is 2.27. The Morgan fingerprint density at radius 1 is 1.32 bits per heavy atom. The minimum absolute atomic E-state index is 0.